The first-order valence-corrected chi connectivity index (χ1v) is 9.81. The van der Waals surface area contributed by atoms with E-state index in [9.17, 15) is 9.67 Å². The van der Waals surface area contributed by atoms with E-state index in [2.05, 4.69) is 13.8 Å². The maximum Gasteiger partial charge on any atom is 0.150 e. The lowest BCUT2D eigenvalue weighted by Gasteiger charge is -2.29. The topological polar surface area (TPSA) is 37.3 Å². The molecule has 2 aromatic rings. The Balaban J connectivity index is 2.64. The summed E-state index contributed by atoms with van der Waals surface area (Å²) in [6, 6.07) is 19.4. The van der Waals surface area contributed by atoms with E-state index in [1.807, 2.05) is 66.7 Å². The molecule has 0 bridgehead atoms. The van der Waals surface area contributed by atoms with Gasteiger partial charge in [-0.1, -0.05) is 86.7 Å². The molecule has 122 valence electrons. The SMILES string of the molecule is CC(C)[C@@H](/C=C/[C@@H](C)O)P(=O)(c1ccccc1)c1ccccc1. The summed E-state index contributed by atoms with van der Waals surface area (Å²) >= 11 is 0. The zero-order valence-corrected chi connectivity index (χ0v) is 14.9. The molecule has 2 atom stereocenters. The highest BCUT2D eigenvalue weighted by Gasteiger charge is 2.36. The number of benzene rings is 2. The molecule has 2 aromatic carbocycles. The second-order valence-corrected chi connectivity index (χ2v) is 9.13. The molecule has 1 N–H and O–H groups in total. The van der Waals surface area contributed by atoms with Gasteiger partial charge in [-0.15, -0.1) is 0 Å². The Morgan fingerprint density at radius 2 is 1.26 bits per heavy atom. The first-order valence-electron chi connectivity index (χ1n) is 8.03. The van der Waals surface area contributed by atoms with Crippen molar-refractivity contribution in [1.29, 1.82) is 0 Å². The lowest BCUT2D eigenvalue weighted by atomic mass is 10.1. The maximum atomic E-state index is 14.2. The van der Waals surface area contributed by atoms with Crippen LogP contribution in [0.15, 0.2) is 72.8 Å². The minimum atomic E-state index is -2.84. The molecule has 0 unspecified atom stereocenters. The van der Waals surface area contributed by atoms with Gasteiger partial charge in [0, 0.05) is 16.3 Å². The van der Waals surface area contributed by atoms with E-state index in [1.54, 1.807) is 13.0 Å². The van der Waals surface area contributed by atoms with Gasteiger partial charge in [-0.3, -0.25) is 0 Å². The summed E-state index contributed by atoms with van der Waals surface area (Å²) in [5.41, 5.74) is -0.151. The zero-order chi connectivity index (χ0) is 16.9. The quantitative estimate of drug-likeness (QED) is 0.644. The summed E-state index contributed by atoms with van der Waals surface area (Å²) < 4.78 is 14.2. The van der Waals surface area contributed by atoms with Crippen LogP contribution in [0, 0.1) is 5.92 Å². The van der Waals surface area contributed by atoms with Crippen molar-refractivity contribution in [3.05, 3.63) is 72.8 Å². The molecular formula is C20H25O2P. The molecule has 0 radical (unpaired) electrons. The predicted molar refractivity (Wildman–Crippen MR) is 99.2 cm³/mol. The van der Waals surface area contributed by atoms with Crippen LogP contribution in [0.25, 0.3) is 0 Å². The van der Waals surface area contributed by atoms with Crippen molar-refractivity contribution >= 4 is 17.8 Å². The fourth-order valence-electron chi connectivity index (χ4n) is 2.83. The second-order valence-electron chi connectivity index (χ2n) is 6.19. The molecule has 0 heterocycles. The van der Waals surface area contributed by atoms with Gasteiger partial charge >= 0.3 is 0 Å². The smallest absolute Gasteiger partial charge is 0.150 e. The van der Waals surface area contributed by atoms with E-state index >= 15 is 0 Å². The fraction of sp³-hybridized carbons (Fsp3) is 0.300. The monoisotopic (exact) mass is 328 g/mol. The number of rotatable bonds is 6. The molecule has 0 spiro atoms. The van der Waals surface area contributed by atoms with Crippen molar-refractivity contribution in [2.45, 2.75) is 32.5 Å². The molecule has 0 saturated heterocycles. The van der Waals surface area contributed by atoms with Crippen LogP contribution in [0.2, 0.25) is 0 Å². The van der Waals surface area contributed by atoms with Crippen LogP contribution in [-0.2, 0) is 4.57 Å². The van der Waals surface area contributed by atoms with Gasteiger partial charge in [-0.2, -0.15) is 0 Å². The van der Waals surface area contributed by atoms with Crippen molar-refractivity contribution in [2.24, 2.45) is 5.92 Å². The molecule has 0 saturated carbocycles. The zero-order valence-electron chi connectivity index (χ0n) is 14.0. The second kappa shape index (κ2) is 7.77. The molecule has 0 amide bonds. The molecule has 2 nitrogen and oxygen atoms in total. The van der Waals surface area contributed by atoms with Crippen LogP contribution < -0.4 is 10.6 Å². The molecular weight excluding hydrogens is 303 g/mol. The van der Waals surface area contributed by atoms with E-state index < -0.39 is 13.2 Å². The Labute approximate surface area is 139 Å². The summed E-state index contributed by atoms with van der Waals surface area (Å²) in [4.78, 5) is 0. The van der Waals surface area contributed by atoms with Crippen LogP contribution in [0.4, 0.5) is 0 Å². The normalized spacial score (nSPS) is 15.0. The Hall–Kier alpha value is -1.63. The fourth-order valence-corrected chi connectivity index (χ4v) is 6.23. The largest absolute Gasteiger partial charge is 0.389 e. The van der Waals surface area contributed by atoms with Crippen molar-refractivity contribution < 1.29 is 9.67 Å². The van der Waals surface area contributed by atoms with Gasteiger partial charge in [0.15, 0.2) is 0 Å². The molecule has 0 fully saturated rings. The van der Waals surface area contributed by atoms with E-state index in [0.717, 1.165) is 10.6 Å². The molecule has 23 heavy (non-hydrogen) atoms. The first kappa shape index (κ1) is 17.7. The highest BCUT2D eigenvalue weighted by atomic mass is 31.2. The third kappa shape index (κ3) is 4.02. The minimum absolute atomic E-state index is 0.151. The van der Waals surface area contributed by atoms with E-state index in [-0.39, 0.29) is 11.6 Å². The number of aliphatic hydroxyl groups excluding tert-OH is 1. The van der Waals surface area contributed by atoms with E-state index in [1.165, 1.54) is 0 Å². The number of hydrogen-bond donors (Lipinski definition) is 1. The van der Waals surface area contributed by atoms with Crippen LogP contribution >= 0.6 is 7.14 Å². The summed E-state index contributed by atoms with van der Waals surface area (Å²) in [5.74, 6) is 0.191. The lowest BCUT2D eigenvalue weighted by molar-refractivity contribution is 0.243. The molecule has 3 heteroatoms. The third-order valence-electron chi connectivity index (χ3n) is 3.97. The van der Waals surface area contributed by atoms with Gasteiger partial charge in [0.05, 0.1) is 6.10 Å². The van der Waals surface area contributed by atoms with Crippen molar-refractivity contribution in [2.75, 3.05) is 0 Å². The van der Waals surface area contributed by atoms with Gasteiger partial charge in [-0.25, -0.2) is 0 Å². The van der Waals surface area contributed by atoms with Crippen LogP contribution in [0.5, 0.6) is 0 Å². The average molecular weight is 328 g/mol. The number of allylic oxidation sites excluding steroid dienone is 1. The summed E-state index contributed by atoms with van der Waals surface area (Å²) in [6.45, 7) is 5.87. The van der Waals surface area contributed by atoms with Crippen molar-refractivity contribution in [3.63, 3.8) is 0 Å². The average Bonchev–Trinajstić information content (AvgIpc) is 2.55. The Bertz CT molecular complexity index is 632. The molecule has 0 aliphatic rings. The molecule has 2 rings (SSSR count). The summed E-state index contributed by atoms with van der Waals surface area (Å²) in [5, 5.41) is 11.3. The van der Waals surface area contributed by atoms with Crippen LogP contribution in [0.3, 0.4) is 0 Å². The molecule has 0 aliphatic heterocycles. The van der Waals surface area contributed by atoms with Crippen LogP contribution in [0.1, 0.15) is 20.8 Å². The van der Waals surface area contributed by atoms with E-state index in [4.69, 9.17) is 0 Å². The van der Waals surface area contributed by atoms with Crippen LogP contribution in [-0.4, -0.2) is 16.9 Å². The Morgan fingerprint density at radius 1 is 0.826 bits per heavy atom. The predicted octanol–water partition coefficient (Wildman–Crippen LogP) is 3.96. The molecule has 0 aliphatic carbocycles. The number of hydrogen-bond acceptors (Lipinski definition) is 2. The summed E-state index contributed by atoms with van der Waals surface area (Å²) in [6.07, 6.45) is 3.12. The molecule has 0 aromatic heterocycles. The third-order valence-corrected chi connectivity index (χ3v) is 7.71. The lowest BCUT2D eigenvalue weighted by Crippen LogP contribution is -2.28. The van der Waals surface area contributed by atoms with E-state index in [0.29, 0.717) is 0 Å². The van der Waals surface area contributed by atoms with Gasteiger partial charge in [0.1, 0.15) is 7.14 Å². The summed E-state index contributed by atoms with van der Waals surface area (Å²) in [7, 11) is -2.84. The Kier molecular flexibility index (Phi) is 5.98. The Morgan fingerprint density at radius 3 is 1.61 bits per heavy atom. The minimum Gasteiger partial charge on any atom is -0.389 e. The van der Waals surface area contributed by atoms with Gasteiger partial charge in [0.2, 0.25) is 0 Å². The van der Waals surface area contributed by atoms with Gasteiger partial charge in [0.25, 0.3) is 0 Å². The maximum absolute atomic E-state index is 14.2. The van der Waals surface area contributed by atoms with Gasteiger partial charge in [-0.05, 0) is 12.8 Å². The standard InChI is InChI=1S/C20H25O2P/c1-16(2)20(15-14-17(3)21)23(22,18-10-6-4-7-11-18)19-12-8-5-9-13-19/h4-17,20-21H,1-3H3/b15-14+/t17-,20-/m1/s1. The highest BCUT2D eigenvalue weighted by molar-refractivity contribution is 7.79. The van der Waals surface area contributed by atoms with Gasteiger partial charge < -0.3 is 9.67 Å². The number of aliphatic hydroxyl groups is 1. The first-order chi connectivity index (χ1) is 11.0. The van der Waals surface area contributed by atoms with Crippen molar-refractivity contribution in [3.8, 4) is 0 Å². The van der Waals surface area contributed by atoms with Crippen molar-refractivity contribution in [1.82, 2.24) is 0 Å². The highest BCUT2D eigenvalue weighted by Crippen LogP contribution is 2.52.